The fourth-order valence-electron chi connectivity index (χ4n) is 3.89. The fraction of sp³-hybridized carbons (Fsp3) is 0.320. The summed E-state index contributed by atoms with van der Waals surface area (Å²) >= 11 is 1.63. The summed E-state index contributed by atoms with van der Waals surface area (Å²) in [5.74, 6) is 0.0796. The number of benzene rings is 2. The van der Waals surface area contributed by atoms with Crippen molar-refractivity contribution in [3.63, 3.8) is 0 Å². The van der Waals surface area contributed by atoms with Crippen LogP contribution in [0.25, 0.3) is 11.3 Å². The molecule has 2 aromatic carbocycles. The van der Waals surface area contributed by atoms with Crippen molar-refractivity contribution in [1.82, 2.24) is 4.98 Å². The molecule has 2 unspecified atom stereocenters. The summed E-state index contributed by atoms with van der Waals surface area (Å²) < 4.78 is 5.83. The maximum absolute atomic E-state index is 13.1. The molecule has 1 N–H and O–H groups in total. The number of aromatic nitrogens is 1. The van der Waals surface area contributed by atoms with Crippen LogP contribution < -0.4 is 15.0 Å². The zero-order chi connectivity index (χ0) is 23.0. The van der Waals surface area contributed by atoms with E-state index < -0.39 is 12.1 Å². The molecule has 4 rings (SSSR count). The molecule has 0 saturated heterocycles. The number of carbonyl (C=O) groups excluding carboxylic acids is 2. The molecule has 0 fully saturated rings. The quantitative estimate of drug-likeness (QED) is 0.586. The number of anilines is 2. The van der Waals surface area contributed by atoms with E-state index in [0.29, 0.717) is 17.1 Å². The summed E-state index contributed by atoms with van der Waals surface area (Å²) in [4.78, 5) is 33.5. The van der Waals surface area contributed by atoms with E-state index in [2.05, 4.69) is 17.2 Å². The highest BCUT2D eigenvalue weighted by atomic mass is 32.1. The lowest BCUT2D eigenvalue weighted by atomic mass is 10.1. The van der Waals surface area contributed by atoms with Crippen LogP contribution in [0.3, 0.4) is 0 Å². The van der Waals surface area contributed by atoms with Crippen molar-refractivity contribution in [2.24, 2.45) is 0 Å². The summed E-state index contributed by atoms with van der Waals surface area (Å²) in [7, 11) is 0. The molecule has 0 aliphatic carbocycles. The van der Waals surface area contributed by atoms with Gasteiger partial charge >= 0.3 is 0 Å². The van der Waals surface area contributed by atoms with Crippen molar-refractivity contribution in [3.8, 4) is 17.0 Å². The molecule has 2 amide bonds. The van der Waals surface area contributed by atoms with E-state index in [0.717, 1.165) is 27.6 Å². The monoisotopic (exact) mass is 449 g/mol. The standard InChI is InChI=1S/C25H27N3O3S/c1-6-18-7-10-20(11-8-18)27-24(29)14(2)28-21-13-19(23-16(4)32-17(5)26-23)9-12-22(21)31-15(3)25(28)30/h7-15H,6H2,1-5H3,(H,27,29). The second-order valence-electron chi connectivity index (χ2n) is 8.00. The van der Waals surface area contributed by atoms with Crippen LogP contribution in [-0.4, -0.2) is 28.9 Å². The van der Waals surface area contributed by atoms with Crippen LogP contribution in [0.1, 0.15) is 36.2 Å². The molecule has 6 nitrogen and oxygen atoms in total. The van der Waals surface area contributed by atoms with E-state index in [1.165, 1.54) is 10.5 Å². The summed E-state index contributed by atoms with van der Waals surface area (Å²) in [5, 5.41) is 3.91. The van der Waals surface area contributed by atoms with Gasteiger partial charge in [-0.05, 0) is 70.0 Å². The minimum Gasteiger partial charge on any atom is -0.479 e. The molecule has 2 heterocycles. The average Bonchev–Trinajstić information content (AvgIpc) is 3.12. The van der Waals surface area contributed by atoms with Gasteiger partial charge in [-0.25, -0.2) is 4.98 Å². The molecule has 32 heavy (non-hydrogen) atoms. The Morgan fingerprint density at radius 3 is 2.56 bits per heavy atom. The second-order valence-corrected chi connectivity index (χ2v) is 9.41. The summed E-state index contributed by atoms with van der Waals surface area (Å²) in [6.07, 6.45) is 0.262. The van der Waals surface area contributed by atoms with Gasteiger partial charge in [0.25, 0.3) is 5.91 Å². The van der Waals surface area contributed by atoms with Crippen LogP contribution in [0.2, 0.25) is 0 Å². The largest absolute Gasteiger partial charge is 0.479 e. The van der Waals surface area contributed by atoms with Gasteiger partial charge < -0.3 is 10.1 Å². The number of nitrogens with one attached hydrogen (secondary N) is 1. The van der Waals surface area contributed by atoms with Gasteiger partial charge in [-0.15, -0.1) is 11.3 Å². The first kappa shape index (κ1) is 22.0. The Kier molecular flexibility index (Phi) is 6.02. The van der Waals surface area contributed by atoms with Crippen molar-refractivity contribution in [2.45, 2.75) is 53.2 Å². The van der Waals surface area contributed by atoms with Crippen LogP contribution in [0, 0.1) is 13.8 Å². The molecule has 1 aromatic heterocycles. The van der Waals surface area contributed by atoms with Gasteiger partial charge in [-0.3, -0.25) is 14.5 Å². The Balaban J connectivity index is 1.66. The first-order valence-corrected chi connectivity index (χ1v) is 11.6. The normalized spacial score (nSPS) is 16.3. The van der Waals surface area contributed by atoms with Gasteiger partial charge in [0.1, 0.15) is 11.8 Å². The van der Waals surface area contributed by atoms with Crippen molar-refractivity contribution in [2.75, 3.05) is 10.2 Å². The molecule has 0 spiro atoms. The van der Waals surface area contributed by atoms with Crippen molar-refractivity contribution < 1.29 is 14.3 Å². The van der Waals surface area contributed by atoms with Gasteiger partial charge in [-0.1, -0.05) is 19.1 Å². The smallest absolute Gasteiger partial charge is 0.268 e. The number of hydrogen-bond donors (Lipinski definition) is 1. The van der Waals surface area contributed by atoms with Gasteiger partial charge in [0.2, 0.25) is 5.91 Å². The number of hydrogen-bond acceptors (Lipinski definition) is 5. The van der Waals surface area contributed by atoms with Gasteiger partial charge in [0.15, 0.2) is 6.10 Å². The van der Waals surface area contributed by atoms with Crippen LogP contribution in [0.5, 0.6) is 5.75 Å². The van der Waals surface area contributed by atoms with E-state index in [1.807, 2.05) is 56.3 Å². The zero-order valence-electron chi connectivity index (χ0n) is 18.9. The number of fused-ring (bicyclic) bond motifs is 1. The Hall–Kier alpha value is -3.19. The number of aryl methyl sites for hydroxylation is 3. The molecule has 0 radical (unpaired) electrons. The first-order valence-electron chi connectivity index (χ1n) is 10.8. The topological polar surface area (TPSA) is 71.5 Å². The van der Waals surface area contributed by atoms with Crippen molar-refractivity contribution >= 4 is 34.5 Å². The average molecular weight is 450 g/mol. The number of thiazole rings is 1. The van der Waals surface area contributed by atoms with Gasteiger partial charge in [-0.2, -0.15) is 0 Å². The fourth-order valence-corrected chi connectivity index (χ4v) is 4.73. The molecule has 0 saturated carbocycles. The SMILES string of the molecule is CCc1ccc(NC(=O)C(C)N2C(=O)C(C)Oc3ccc(-c4nc(C)sc4C)cc32)cc1. The van der Waals surface area contributed by atoms with Crippen LogP contribution in [0.15, 0.2) is 42.5 Å². The summed E-state index contributed by atoms with van der Waals surface area (Å²) in [5.41, 5.74) is 4.26. The molecule has 166 valence electrons. The van der Waals surface area contributed by atoms with E-state index in [-0.39, 0.29) is 11.8 Å². The summed E-state index contributed by atoms with van der Waals surface area (Å²) in [6.45, 7) is 9.52. The van der Waals surface area contributed by atoms with Gasteiger partial charge in [0, 0.05) is 16.1 Å². The second kappa shape index (κ2) is 8.74. The van der Waals surface area contributed by atoms with Crippen molar-refractivity contribution in [3.05, 3.63) is 57.9 Å². The lowest BCUT2D eigenvalue weighted by Gasteiger charge is -2.36. The molecule has 7 heteroatoms. The highest BCUT2D eigenvalue weighted by Crippen LogP contribution is 2.39. The Labute approximate surface area is 192 Å². The molecular weight excluding hydrogens is 422 g/mol. The molecule has 3 aromatic rings. The molecule has 1 aliphatic rings. The number of ether oxygens (including phenoxy) is 1. The predicted octanol–water partition coefficient (Wildman–Crippen LogP) is 5.13. The van der Waals surface area contributed by atoms with E-state index in [1.54, 1.807) is 25.2 Å². The Bertz CT molecular complexity index is 1170. The highest BCUT2D eigenvalue weighted by molar-refractivity contribution is 7.11. The molecular formula is C25H27N3O3S. The van der Waals surface area contributed by atoms with Crippen LogP contribution in [-0.2, 0) is 16.0 Å². The lowest BCUT2D eigenvalue weighted by Crippen LogP contribution is -2.52. The number of rotatable bonds is 5. The number of carbonyl (C=O) groups is 2. The number of amides is 2. The van der Waals surface area contributed by atoms with E-state index in [4.69, 9.17) is 4.74 Å². The third kappa shape index (κ3) is 4.12. The minimum absolute atomic E-state index is 0.246. The molecule has 2 atom stereocenters. The Morgan fingerprint density at radius 1 is 1.22 bits per heavy atom. The maximum Gasteiger partial charge on any atom is 0.268 e. The van der Waals surface area contributed by atoms with Crippen LogP contribution in [0.4, 0.5) is 11.4 Å². The summed E-state index contributed by atoms with van der Waals surface area (Å²) in [6, 6.07) is 12.7. The van der Waals surface area contributed by atoms with Gasteiger partial charge in [0.05, 0.1) is 16.4 Å². The maximum atomic E-state index is 13.1. The van der Waals surface area contributed by atoms with Crippen LogP contribution >= 0.6 is 11.3 Å². The molecule has 0 bridgehead atoms. The Morgan fingerprint density at radius 2 is 1.94 bits per heavy atom. The first-order chi connectivity index (χ1) is 15.3. The van der Waals surface area contributed by atoms with Crippen molar-refractivity contribution in [1.29, 1.82) is 0 Å². The number of nitrogens with zero attached hydrogens (tertiary/aromatic N) is 2. The zero-order valence-corrected chi connectivity index (χ0v) is 19.7. The van der Waals surface area contributed by atoms with E-state index >= 15 is 0 Å². The third-order valence-electron chi connectivity index (χ3n) is 5.68. The lowest BCUT2D eigenvalue weighted by molar-refractivity contribution is -0.128. The molecule has 1 aliphatic heterocycles. The third-order valence-corrected chi connectivity index (χ3v) is 6.57. The van der Waals surface area contributed by atoms with E-state index in [9.17, 15) is 9.59 Å². The minimum atomic E-state index is -0.716. The predicted molar refractivity (Wildman–Crippen MR) is 129 cm³/mol. The highest BCUT2D eigenvalue weighted by Gasteiger charge is 2.37.